The van der Waals surface area contributed by atoms with E-state index in [0.717, 1.165) is 0 Å². The fraction of sp³-hybridized carbons (Fsp3) is 0.125. The molecule has 26 heavy (non-hydrogen) atoms. The molecule has 0 radical (unpaired) electrons. The molecule has 2 aromatic carbocycles. The van der Waals surface area contributed by atoms with Crippen molar-refractivity contribution in [1.82, 2.24) is 0 Å². The van der Waals surface area contributed by atoms with Crippen LogP contribution in [0.25, 0.3) is 0 Å². The highest BCUT2D eigenvalue weighted by atomic mass is 79.9. The van der Waals surface area contributed by atoms with Crippen LogP contribution in [-0.2, 0) is 4.74 Å². The van der Waals surface area contributed by atoms with Gasteiger partial charge in [0, 0.05) is 8.95 Å². The Morgan fingerprint density at radius 3 is 2.00 bits per heavy atom. The van der Waals surface area contributed by atoms with Gasteiger partial charge in [0.2, 0.25) is 0 Å². The molecule has 6 nitrogen and oxygen atoms in total. The monoisotopic (exact) mass is 528 g/mol. The number of carbonyl (C=O) groups is 2. The molecule has 0 aromatic heterocycles. The predicted octanol–water partition coefficient (Wildman–Crippen LogP) is 5.40. The quantitative estimate of drug-likeness (QED) is 0.516. The van der Waals surface area contributed by atoms with Gasteiger partial charge in [0.15, 0.2) is 0 Å². The average Bonchev–Trinajstić information content (AvgIpc) is 2.59. The molecule has 0 atom stereocenters. The van der Waals surface area contributed by atoms with E-state index in [-0.39, 0.29) is 26.9 Å². The Hall–Kier alpha value is -1.48. The lowest BCUT2D eigenvalue weighted by Crippen LogP contribution is -2.03. The molecule has 0 fully saturated rings. The van der Waals surface area contributed by atoms with E-state index in [1.165, 1.54) is 26.4 Å². The van der Waals surface area contributed by atoms with Crippen molar-refractivity contribution < 1.29 is 29.3 Å². The molecule has 10 heteroatoms. The van der Waals surface area contributed by atoms with Gasteiger partial charge in [0.1, 0.15) is 11.5 Å². The topological polar surface area (TPSA) is 93.1 Å². The number of halogens is 4. The number of carboxylic acid groups (broad SMARTS) is 1. The Labute approximate surface area is 175 Å². The number of aromatic hydroxyl groups is 1. The summed E-state index contributed by atoms with van der Waals surface area (Å²) in [7, 11) is 2.78. The van der Waals surface area contributed by atoms with Crippen LogP contribution in [0.1, 0.15) is 20.7 Å². The number of esters is 1. The first-order valence-electron chi connectivity index (χ1n) is 6.65. The Morgan fingerprint density at radius 2 is 1.50 bits per heavy atom. The van der Waals surface area contributed by atoms with E-state index < -0.39 is 11.9 Å². The van der Waals surface area contributed by atoms with Gasteiger partial charge in [-0.25, -0.2) is 9.59 Å². The molecule has 0 heterocycles. The van der Waals surface area contributed by atoms with Gasteiger partial charge >= 0.3 is 11.9 Å². The highest BCUT2D eigenvalue weighted by Gasteiger charge is 2.15. The summed E-state index contributed by atoms with van der Waals surface area (Å²) in [4.78, 5) is 21.8. The lowest BCUT2D eigenvalue weighted by atomic mass is 10.2. The van der Waals surface area contributed by atoms with Crippen molar-refractivity contribution in [3.05, 3.63) is 54.4 Å². The smallest absolute Gasteiger partial charge is 0.339 e. The van der Waals surface area contributed by atoms with Crippen molar-refractivity contribution in [2.24, 2.45) is 0 Å². The summed E-state index contributed by atoms with van der Waals surface area (Å²) in [6, 6.07) is 5.91. The molecule has 0 bridgehead atoms. The third-order valence-corrected chi connectivity index (χ3v) is 4.58. The molecule has 0 aliphatic heterocycles. The largest absolute Gasteiger partial charge is 0.506 e. The van der Waals surface area contributed by atoms with Crippen LogP contribution in [0, 0.1) is 0 Å². The number of rotatable bonds is 3. The third kappa shape index (κ3) is 5.77. The number of carbonyl (C=O) groups excluding carboxylic acids is 1. The molecule has 2 aromatic rings. The van der Waals surface area contributed by atoms with Crippen molar-refractivity contribution in [3.63, 3.8) is 0 Å². The minimum Gasteiger partial charge on any atom is -0.506 e. The molecule has 0 saturated heterocycles. The summed E-state index contributed by atoms with van der Waals surface area (Å²) >= 11 is 17.7. The van der Waals surface area contributed by atoms with Gasteiger partial charge < -0.3 is 19.7 Å². The number of benzene rings is 2. The van der Waals surface area contributed by atoms with E-state index in [1.807, 2.05) is 0 Å². The molecule has 0 amide bonds. The maximum atomic E-state index is 11.3. The zero-order valence-electron chi connectivity index (χ0n) is 13.3. The zero-order chi connectivity index (χ0) is 20.0. The van der Waals surface area contributed by atoms with Crippen LogP contribution in [0.5, 0.6) is 11.5 Å². The lowest BCUT2D eigenvalue weighted by molar-refractivity contribution is 0.0599. The second-order valence-electron chi connectivity index (χ2n) is 4.55. The molecule has 2 rings (SSSR count). The van der Waals surface area contributed by atoms with Gasteiger partial charge in [0.25, 0.3) is 0 Å². The van der Waals surface area contributed by atoms with Crippen LogP contribution in [0.3, 0.4) is 0 Å². The summed E-state index contributed by atoms with van der Waals surface area (Å²) < 4.78 is 10.7. The standard InChI is InChI=1S/C9H8BrClO3.C7H4BrClO3/c1-13-7-4-5(10)3-6(8(7)11)9(12)14-2;8-3-1-4(7(11)12)6(9)5(10)2-3/h3-4H,1-2H3;1-2,10H,(H,11,12). The Morgan fingerprint density at radius 1 is 0.962 bits per heavy atom. The summed E-state index contributed by atoms with van der Waals surface area (Å²) in [5.41, 5.74) is 0.156. The highest BCUT2D eigenvalue weighted by Crippen LogP contribution is 2.32. The second kappa shape index (κ2) is 10.0. The normalized spacial score (nSPS) is 9.77. The van der Waals surface area contributed by atoms with Crippen molar-refractivity contribution in [1.29, 1.82) is 0 Å². The Balaban J connectivity index is 0.000000263. The number of ether oxygens (including phenoxy) is 2. The number of phenolic OH excluding ortho intramolecular Hbond substituents is 1. The van der Waals surface area contributed by atoms with Gasteiger partial charge in [-0.05, 0) is 24.3 Å². The summed E-state index contributed by atoms with van der Waals surface area (Å²) in [5, 5.41) is 17.8. The van der Waals surface area contributed by atoms with Crippen LogP contribution in [0.15, 0.2) is 33.2 Å². The fourth-order valence-corrected chi connectivity index (χ4v) is 3.04. The Bertz CT molecular complexity index is 842. The minimum atomic E-state index is -1.17. The maximum absolute atomic E-state index is 11.3. The average molecular weight is 531 g/mol. The summed E-state index contributed by atoms with van der Waals surface area (Å²) in [5.74, 6) is -1.48. The number of hydrogen-bond acceptors (Lipinski definition) is 5. The first-order valence-corrected chi connectivity index (χ1v) is 8.99. The molecule has 140 valence electrons. The number of phenols is 1. The summed E-state index contributed by atoms with van der Waals surface area (Å²) in [6.45, 7) is 0. The van der Waals surface area contributed by atoms with Crippen LogP contribution >= 0.6 is 55.1 Å². The van der Waals surface area contributed by atoms with Crippen molar-refractivity contribution >= 4 is 67.0 Å². The SMILES string of the molecule is COC(=O)c1cc(Br)cc(OC)c1Cl.O=C(O)c1cc(Br)cc(O)c1Cl. The van der Waals surface area contributed by atoms with E-state index in [1.54, 1.807) is 12.1 Å². The molecule has 2 N–H and O–H groups in total. The van der Waals surface area contributed by atoms with Crippen LogP contribution in [-0.4, -0.2) is 36.4 Å². The van der Waals surface area contributed by atoms with Crippen molar-refractivity contribution in [2.45, 2.75) is 0 Å². The third-order valence-electron chi connectivity index (χ3n) is 2.88. The predicted molar refractivity (Wildman–Crippen MR) is 105 cm³/mol. The molecular formula is C16H12Br2Cl2O6. The molecule has 0 spiro atoms. The van der Waals surface area contributed by atoms with E-state index in [2.05, 4.69) is 36.6 Å². The van der Waals surface area contributed by atoms with E-state index >= 15 is 0 Å². The highest BCUT2D eigenvalue weighted by molar-refractivity contribution is 9.10. The van der Waals surface area contributed by atoms with Crippen LogP contribution in [0.2, 0.25) is 10.0 Å². The van der Waals surface area contributed by atoms with Crippen molar-refractivity contribution in [3.8, 4) is 11.5 Å². The van der Waals surface area contributed by atoms with Gasteiger partial charge in [-0.3, -0.25) is 0 Å². The number of aromatic carboxylic acids is 1. The fourth-order valence-electron chi connectivity index (χ4n) is 1.70. The van der Waals surface area contributed by atoms with E-state index in [0.29, 0.717) is 14.7 Å². The number of carboxylic acids is 1. The second-order valence-corrected chi connectivity index (χ2v) is 7.14. The molecule has 0 aliphatic rings. The lowest BCUT2D eigenvalue weighted by Gasteiger charge is -2.07. The zero-order valence-corrected chi connectivity index (χ0v) is 18.0. The number of hydrogen-bond donors (Lipinski definition) is 2. The molecule has 0 saturated carbocycles. The number of methoxy groups -OCH3 is 2. The van der Waals surface area contributed by atoms with Gasteiger partial charge in [-0.15, -0.1) is 0 Å². The molecule has 0 unspecified atom stereocenters. The van der Waals surface area contributed by atoms with Crippen molar-refractivity contribution in [2.75, 3.05) is 14.2 Å². The first kappa shape index (κ1) is 22.6. The molecular weight excluding hydrogens is 519 g/mol. The van der Waals surface area contributed by atoms with E-state index in [9.17, 15) is 9.59 Å². The van der Waals surface area contributed by atoms with Crippen LogP contribution < -0.4 is 4.74 Å². The molecule has 0 aliphatic carbocycles. The van der Waals surface area contributed by atoms with Crippen LogP contribution in [0.4, 0.5) is 0 Å². The minimum absolute atomic E-state index is 0.122. The van der Waals surface area contributed by atoms with Gasteiger partial charge in [-0.1, -0.05) is 55.1 Å². The maximum Gasteiger partial charge on any atom is 0.339 e. The van der Waals surface area contributed by atoms with Gasteiger partial charge in [-0.2, -0.15) is 0 Å². The Kier molecular flexibility index (Phi) is 8.69. The first-order chi connectivity index (χ1) is 12.1. The van der Waals surface area contributed by atoms with Gasteiger partial charge in [0.05, 0.1) is 35.4 Å². The van der Waals surface area contributed by atoms with E-state index in [4.69, 9.17) is 38.2 Å². The summed E-state index contributed by atoms with van der Waals surface area (Å²) in [6.07, 6.45) is 0.